The maximum absolute atomic E-state index is 9.97. The molecule has 0 atom stereocenters. The fraction of sp³-hybridized carbons (Fsp3) is 0.364. The Morgan fingerprint density at radius 1 is 1.40 bits per heavy atom. The van der Waals surface area contributed by atoms with Gasteiger partial charge in [0.1, 0.15) is 0 Å². The van der Waals surface area contributed by atoms with Gasteiger partial charge in [-0.3, -0.25) is 0 Å². The minimum atomic E-state index is -0.116. The molecule has 0 radical (unpaired) electrons. The van der Waals surface area contributed by atoms with E-state index in [-0.39, 0.29) is 14.5 Å². The van der Waals surface area contributed by atoms with Crippen LogP contribution in [0.4, 0.5) is 0 Å². The van der Waals surface area contributed by atoms with Crippen molar-refractivity contribution in [2.75, 3.05) is 19.8 Å². The Hall–Kier alpha value is -1.01. The van der Waals surface area contributed by atoms with E-state index in [1.54, 1.807) is 0 Å². The molecule has 0 spiro atoms. The van der Waals surface area contributed by atoms with Crippen LogP contribution in [0.3, 0.4) is 0 Å². The predicted octanol–water partition coefficient (Wildman–Crippen LogP) is 2.64. The third-order valence-corrected chi connectivity index (χ3v) is 1.98. The summed E-state index contributed by atoms with van der Waals surface area (Å²) in [6, 6.07) is 7.83. The zero-order valence-corrected chi connectivity index (χ0v) is 9.50. The number of rotatable bonds is 5. The van der Waals surface area contributed by atoms with Crippen molar-refractivity contribution in [2.24, 2.45) is 0 Å². The molecular formula is C11H13O3P. The average Bonchev–Trinajstić information content (AvgIpc) is 2.23. The van der Waals surface area contributed by atoms with Crippen LogP contribution in [0.1, 0.15) is 5.56 Å². The molecule has 0 saturated heterocycles. The van der Waals surface area contributed by atoms with E-state index in [1.807, 2.05) is 31.2 Å². The van der Waals surface area contributed by atoms with Gasteiger partial charge in [-0.1, -0.05) is 0 Å². The Bertz CT molecular complexity index is 397. The van der Waals surface area contributed by atoms with Crippen molar-refractivity contribution in [3.63, 3.8) is 0 Å². The molecule has 1 aromatic carbocycles. The standard InChI is InChI=1S/C11H13O3P/c1-10-3-2-4-11(9-10)14-6-5-13-7-8-15-12/h2-4,9H,5-7H2,1H3. The Morgan fingerprint density at radius 2 is 2.27 bits per heavy atom. The molecular weight excluding hydrogens is 211 g/mol. The summed E-state index contributed by atoms with van der Waals surface area (Å²) in [4.78, 5) is 0. The summed E-state index contributed by atoms with van der Waals surface area (Å²) in [5, 5.41) is 0. The van der Waals surface area contributed by atoms with Gasteiger partial charge in [0.15, 0.2) is 0 Å². The molecule has 0 amide bonds. The first kappa shape index (κ1) is 12.1. The van der Waals surface area contributed by atoms with Crippen LogP contribution < -0.4 is 4.74 Å². The van der Waals surface area contributed by atoms with E-state index >= 15 is 0 Å². The van der Waals surface area contributed by atoms with Gasteiger partial charge in [0.2, 0.25) is 0 Å². The summed E-state index contributed by atoms with van der Waals surface area (Å²) in [6.45, 7) is 3.24. The van der Waals surface area contributed by atoms with Gasteiger partial charge in [0, 0.05) is 0 Å². The second-order valence-electron chi connectivity index (χ2n) is 2.97. The topological polar surface area (TPSA) is 35.5 Å². The molecule has 0 aliphatic carbocycles. The SMILES string of the molecule is Cc1cccc(OCCOCC#P=O)c1. The van der Waals surface area contributed by atoms with Crippen molar-refractivity contribution in [1.29, 1.82) is 0 Å². The molecule has 0 aliphatic rings. The van der Waals surface area contributed by atoms with Crippen molar-refractivity contribution in [3.05, 3.63) is 29.8 Å². The van der Waals surface area contributed by atoms with E-state index in [9.17, 15) is 4.57 Å². The molecule has 0 bridgehead atoms. The molecule has 0 fully saturated rings. The zero-order chi connectivity index (χ0) is 10.9. The molecule has 1 aromatic rings. The molecule has 1 rings (SSSR count). The van der Waals surface area contributed by atoms with Gasteiger partial charge in [-0.2, -0.15) is 0 Å². The van der Waals surface area contributed by atoms with Crippen LogP contribution in [0.15, 0.2) is 24.3 Å². The summed E-state index contributed by atoms with van der Waals surface area (Å²) in [5.41, 5.74) is 3.66. The first-order valence-corrected chi connectivity index (χ1v) is 5.46. The van der Waals surface area contributed by atoms with Crippen molar-refractivity contribution in [3.8, 4) is 11.4 Å². The molecule has 0 N–H and O–H groups in total. The van der Waals surface area contributed by atoms with Gasteiger partial charge in [-0.25, -0.2) is 0 Å². The van der Waals surface area contributed by atoms with Crippen LogP contribution in [0.25, 0.3) is 0 Å². The molecule has 0 aliphatic heterocycles. The van der Waals surface area contributed by atoms with E-state index in [0.29, 0.717) is 13.2 Å². The fourth-order valence-electron chi connectivity index (χ4n) is 1.07. The van der Waals surface area contributed by atoms with E-state index < -0.39 is 0 Å². The Labute approximate surface area is 90.5 Å². The number of hydrogen-bond acceptors (Lipinski definition) is 3. The first-order chi connectivity index (χ1) is 7.33. The van der Waals surface area contributed by atoms with E-state index in [2.05, 4.69) is 5.63 Å². The van der Waals surface area contributed by atoms with Gasteiger partial charge in [-0.15, -0.1) is 0 Å². The Balaban J connectivity index is 2.19. The zero-order valence-electron chi connectivity index (χ0n) is 8.60. The number of ether oxygens (including phenoxy) is 2. The van der Waals surface area contributed by atoms with Gasteiger partial charge >= 0.3 is 89.9 Å². The minimum absolute atomic E-state index is 0.116. The predicted molar refractivity (Wildman–Crippen MR) is 59.0 cm³/mol. The number of benzene rings is 1. The van der Waals surface area contributed by atoms with Crippen molar-refractivity contribution in [1.82, 2.24) is 0 Å². The molecule has 0 heterocycles. The maximum atomic E-state index is 9.97. The molecule has 4 heteroatoms. The molecule has 0 saturated carbocycles. The van der Waals surface area contributed by atoms with E-state index in [0.717, 1.165) is 5.75 Å². The number of hydrogen-bond donors (Lipinski definition) is 0. The monoisotopic (exact) mass is 224 g/mol. The van der Waals surface area contributed by atoms with Gasteiger partial charge in [0.05, 0.1) is 0 Å². The molecule has 80 valence electrons. The number of aryl methyl sites for hydroxylation is 1. The normalized spacial score (nSPS) is 9.40. The summed E-state index contributed by atoms with van der Waals surface area (Å²) in [5.74, 6) is 0.841. The van der Waals surface area contributed by atoms with Crippen molar-refractivity contribution < 1.29 is 14.0 Å². The molecule has 15 heavy (non-hydrogen) atoms. The first-order valence-electron chi connectivity index (χ1n) is 4.65. The van der Waals surface area contributed by atoms with E-state index in [1.165, 1.54) is 5.56 Å². The summed E-state index contributed by atoms with van der Waals surface area (Å²) in [6.07, 6.45) is 0. The average molecular weight is 224 g/mol. The molecule has 3 nitrogen and oxygen atoms in total. The van der Waals surface area contributed by atoms with Crippen LogP contribution in [-0.2, 0) is 9.30 Å². The van der Waals surface area contributed by atoms with Crippen LogP contribution in [-0.4, -0.2) is 19.8 Å². The fourth-order valence-corrected chi connectivity index (χ4v) is 1.21. The summed E-state index contributed by atoms with van der Waals surface area (Å²) < 4.78 is 20.5. The Kier molecular flexibility index (Phi) is 5.87. The van der Waals surface area contributed by atoms with E-state index in [4.69, 9.17) is 9.47 Å². The van der Waals surface area contributed by atoms with Crippen LogP contribution >= 0.6 is 7.92 Å². The second-order valence-corrected chi connectivity index (χ2v) is 3.47. The third kappa shape index (κ3) is 5.44. The van der Waals surface area contributed by atoms with Gasteiger partial charge in [-0.05, 0) is 0 Å². The van der Waals surface area contributed by atoms with Crippen LogP contribution in [0.2, 0.25) is 0 Å². The summed E-state index contributed by atoms with van der Waals surface area (Å²) >= 11 is 0. The Morgan fingerprint density at radius 3 is 3.00 bits per heavy atom. The second kappa shape index (κ2) is 7.30. The quantitative estimate of drug-likeness (QED) is 0.569. The van der Waals surface area contributed by atoms with Gasteiger partial charge < -0.3 is 0 Å². The van der Waals surface area contributed by atoms with Gasteiger partial charge in [0.25, 0.3) is 0 Å². The summed E-state index contributed by atoms with van der Waals surface area (Å²) in [7, 11) is -0.116. The van der Waals surface area contributed by atoms with Crippen LogP contribution in [0.5, 0.6) is 5.75 Å². The van der Waals surface area contributed by atoms with Crippen molar-refractivity contribution >= 4 is 7.92 Å². The molecule has 0 aromatic heterocycles. The van der Waals surface area contributed by atoms with Crippen LogP contribution in [0, 0.1) is 12.6 Å². The third-order valence-electron chi connectivity index (χ3n) is 1.72. The molecule has 0 unspecified atom stereocenters. The van der Waals surface area contributed by atoms with Crippen molar-refractivity contribution in [2.45, 2.75) is 6.92 Å².